The highest BCUT2D eigenvalue weighted by Gasteiger charge is 2.16. The molecule has 28 heavy (non-hydrogen) atoms. The van der Waals surface area contributed by atoms with Crippen molar-refractivity contribution >= 4 is 23.1 Å². The summed E-state index contributed by atoms with van der Waals surface area (Å²) in [5.41, 5.74) is 4.62. The van der Waals surface area contributed by atoms with Gasteiger partial charge >= 0.3 is 6.03 Å². The molecule has 0 saturated carbocycles. The average Bonchev–Trinajstić information content (AvgIpc) is 3.30. The summed E-state index contributed by atoms with van der Waals surface area (Å²) < 4.78 is 1.78. The van der Waals surface area contributed by atoms with Crippen LogP contribution in [0.2, 0.25) is 0 Å². The quantitative estimate of drug-likeness (QED) is 0.568. The maximum atomic E-state index is 12.5. The number of carbonyl (C=O) groups excluding carboxylic acids is 1. The molecule has 0 unspecified atom stereocenters. The lowest BCUT2D eigenvalue weighted by Gasteiger charge is -2.15. The van der Waals surface area contributed by atoms with Crippen molar-refractivity contribution in [1.82, 2.24) is 29.6 Å². The number of amides is 2. The lowest BCUT2D eigenvalue weighted by molar-refractivity contribution is 0.262. The Morgan fingerprint density at radius 2 is 1.79 bits per heavy atom. The van der Waals surface area contributed by atoms with E-state index < -0.39 is 0 Å². The molecule has 3 aromatic heterocycles. The van der Waals surface area contributed by atoms with Crippen LogP contribution in [0.4, 0.5) is 16.2 Å². The van der Waals surface area contributed by atoms with Gasteiger partial charge in [0.1, 0.15) is 0 Å². The summed E-state index contributed by atoms with van der Waals surface area (Å²) in [6.45, 7) is 6.02. The highest BCUT2D eigenvalue weighted by atomic mass is 16.2. The molecule has 2 amide bonds. The Bertz CT molecular complexity index is 1110. The van der Waals surface area contributed by atoms with Gasteiger partial charge in [0, 0.05) is 11.8 Å². The van der Waals surface area contributed by atoms with Gasteiger partial charge in [-0.25, -0.2) is 14.3 Å². The molecule has 0 atom stereocenters. The van der Waals surface area contributed by atoms with Crippen LogP contribution in [0.25, 0.3) is 11.3 Å². The highest BCUT2D eigenvalue weighted by Crippen LogP contribution is 2.25. The number of anilines is 2. The Hall–Kier alpha value is -3.75. The number of urea groups is 1. The fourth-order valence-corrected chi connectivity index (χ4v) is 3.03. The summed E-state index contributed by atoms with van der Waals surface area (Å²) in [6.07, 6.45) is 4.88. The van der Waals surface area contributed by atoms with Crippen molar-refractivity contribution in [3.05, 3.63) is 60.3 Å². The lowest BCUT2D eigenvalue weighted by atomic mass is 10.1. The van der Waals surface area contributed by atoms with Gasteiger partial charge in [0.05, 0.1) is 41.4 Å². The molecule has 0 radical (unpaired) electrons. The second-order valence-corrected chi connectivity index (χ2v) is 6.71. The summed E-state index contributed by atoms with van der Waals surface area (Å²) in [6, 6.07) is 8.80. The molecule has 0 fully saturated rings. The second kappa shape index (κ2) is 7.10. The topological polar surface area (TPSA) is 102 Å². The molecule has 4 aromatic rings. The summed E-state index contributed by atoms with van der Waals surface area (Å²) >= 11 is 0. The first-order valence-corrected chi connectivity index (χ1v) is 8.91. The van der Waals surface area contributed by atoms with Gasteiger partial charge in [0.2, 0.25) is 0 Å². The third-order valence-corrected chi connectivity index (χ3v) is 4.21. The van der Waals surface area contributed by atoms with E-state index in [4.69, 9.17) is 0 Å². The zero-order chi connectivity index (χ0) is 19.7. The average molecular weight is 376 g/mol. The van der Waals surface area contributed by atoms with Crippen LogP contribution in [0.5, 0.6) is 0 Å². The van der Waals surface area contributed by atoms with E-state index in [1.54, 1.807) is 35.2 Å². The van der Waals surface area contributed by atoms with Crippen molar-refractivity contribution in [3.8, 4) is 5.69 Å². The summed E-state index contributed by atoms with van der Waals surface area (Å²) in [4.78, 5) is 18.4. The molecule has 0 saturated heterocycles. The fraction of sp³-hybridized carbons (Fsp3) is 0.211. The third kappa shape index (κ3) is 3.41. The predicted octanol–water partition coefficient (Wildman–Crippen LogP) is 3.39. The highest BCUT2D eigenvalue weighted by molar-refractivity contribution is 6.00. The molecule has 0 aliphatic heterocycles. The minimum atomic E-state index is -0.350. The van der Waals surface area contributed by atoms with Gasteiger partial charge in [0.25, 0.3) is 0 Å². The van der Waals surface area contributed by atoms with Gasteiger partial charge in [-0.2, -0.15) is 20.1 Å². The Balaban J connectivity index is 1.53. The lowest BCUT2D eigenvalue weighted by Crippen LogP contribution is -2.21. The molecule has 142 valence electrons. The van der Waals surface area contributed by atoms with E-state index in [1.165, 1.54) is 4.80 Å². The number of hydrogen-bond acceptors (Lipinski definition) is 5. The summed E-state index contributed by atoms with van der Waals surface area (Å²) in [5.74, 6) is 0.154. The molecule has 0 bridgehead atoms. The Morgan fingerprint density at radius 1 is 1.07 bits per heavy atom. The van der Waals surface area contributed by atoms with Crippen LogP contribution in [0.3, 0.4) is 0 Å². The van der Waals surface area contributed by atoms with Gasteiger partial charge in [-0.3, -0.25) is 0 Å². The molecule has 2 N–H and O–H groups in total. The molecule has 3 heterocycles. The van der Waals surface area contributed by atoms with Crippen LogP contribution in [0, 0.1) is 6.92 Å². The van der Waals surface area contributed by atoms with E-state index in [9.17, 15) is 4.79 Å². The molecule has 0 aliphatic rings. The molecule has 1 aromatic carbocycles. The largest absolute Gasteiger partial charge is 0.323 e. The Morgan fingerprint density at radius 3 is 2.46 bits per heavy atom. The number of hydrogen-bond donors (Lipinski definition) is 2. The molecular formula is C19H20N8O. The molecule has 4 rings (SSSR count). The number of nitrogens with zero attached hydrogens (tertiary/aromatic N) is 6. The van der Waals surface area contributed by atoms with Crippen LogP contribution >= 0.6 is 0 Å². The van der Waals surface area contributed by atoms with Crippen LogP contribution in [0.15, 0.2) is 48.9 Å². The zero-order valence-corrected chi connectivity index (χ0v) is 15.8. The van der Waals surface area contributed by atoms with Crippen molar-refractivity contribution in [3.63, 3.8) is 0 Å². The van der Waals surface area contributed by atoms with Crippen molar-refractivity contribution in [1.29, 1.82) is 0 Å². The molecular weight excluding hydrogens is 356 g/mol. The zero-order valence-electron chi connectivity index (χ0n) is 15.8. The second-order valence-electron chi connectivity index (χ2n) is 6.71. The first-order chi connectivity index (χ1) is 13.5. The van der Waals surface area contributed by atoms with Gasteiger partial charge in [0.15, 0.2) is 5.65 Å². The number of carbonyl (C=O) groups is 1. The number of rotatable bonds is 4. The normalized spacial score (nSPS) is 11.1. The van der Waals surface area contributed by atoms with Crippen LogP contribution < -0.4 is 10.6 Å². The first kappa shape index (κ1) is 17.7. The van der Waals surface area contributed by atoms with E-state index in [0.717, 1.165) is 22.7 Å². The van der Waals surface area contributed by atoms with Gasteiger partial charge in [-0.15, -0.1) is 0 Å². The van der Waals surface area contributed by atoms with Gasteiger partial charge in [-0.05, 0) is 37.1 Å². The van der Waals surface area contributed by atoms with E-state index in [0.29, 0.717) is 11.4 Å². The van der Waals surface area contributed by atoms with E-state index >= 15 is 0 Å². The van der Waals surface area contributed by atoms with Crippen LogP contribution in [0.1, 0.15) is 31.2 Å². The van der Waals surface area contributed by atoms with Crippen LogP contribution in [-0.4, -0.2) is 35.6 Å². The molecule has 9 heteroatoms. The Kier molecular flexibility index (Phi) is 4.48. The standard InChI is InChI=1S/C19H20N8O/c1-12(2)18-16(11-20-17-10-13(3)25-26(17)18)24-19(28)23-14-4-6-15(7-5-14)27-21-8-9-22-27/h4-12H,1-3H3,(H2,23,24,28). The van der Waals surface area contributed by atoms with Crippen molar-refractivity contribution in [2.24, 2.45) is 0 Å². The molecule has 0 aliphatic carbocycles. The van der Waals surface area contributed by atoms with E-state index in [-0.39, 0.29) is 11.9 Å². The summed E-state index contributed by atoms with van der Waals surface area (Å²) in [7, 11) is 0. The number of aromatic nitrogens is 6. The number of fused-ring (bicyclic) bond motifs is 1. The predicted molar refractivity (Wildman–Crippen MR) is 106 cm³/mol. The van der Waals surface area contributed by atoms with E-state index in [1.807, 2.05) is 25.1 Å². The molecule has 0 spiro atoms. The smallest absolute Gasteiger partial charge is 0.308 e. The van der Waals surface area contributed by atoms with Gasteiger partial charge in [-0.1, -0.05) is 13.8 Å². The molecule has 9 nitrogen and oxygen atoms in total. The first-order valence-electron chi connectivity index (χ1n) is 8.91. The number of benzene rings is 1. The van der Waals surface area contributed by atoms with Crippen molar-refractivity contribution in [2.45, 2.75) is 26.7 Å². The fourth-order valence-electron chi connectivity index (χ4n) is 3.03. The number of aryl methyl sites for hydroxylation is 1. The minimum absolute atomic E-state index is 0.154. The van der Waals surface area contributed by atoms with E-state index in [2.05, 4.69) is 44.8 Å². The number of nitrogens with one attached hydrogen (secondary N) is 2. The van der Waals surface area contributed by atoms with Crippen molar-refractivity contribution < 1.29 is 4.79 Å². The van der Waals surface area contributed by atoms with Crippen LogP contribution in [-0.2, 0) is 0 Å². The van der Waals surface area contributed by atoms with Gasteiger partial charge < -0.3 is 10.6 Å². The summed E-state index contributed by atoms with van der Waals surface area (Å²) in [5, 5.41) is 18.3. The minimum Gasteiger partial charge on any atom is -0.308 e. The SMILES string of the molecule is Cc1cc2ncc(NC(=O)Nc3ccc(-n4nccn4)cc3)c(C(C)C)n2n1. The van der Waals surface area contributed by atoms with Crippen molar-refractivity contribution in [2.75, 3.05) is 10.6 Å². The maximum absolute atomic E-state index is 12.5. The Labute approximate surface area is 161 Å². The maximum Gasteiger partial charge on any atom is 0.323 e. The third-order valence-electron chi connectivity index (χ3n) is 4.21. The monoisotopic (exact) mass is 376 g/mol.